The van der Waals surface area contributed by atoms with Gasteiger partial charge >= 0.3 is 0 Å². The molecule has 102 valence electrons. The second-order valence-electron chi connectivity index (χ2n) is 4.77. The van der Waals surface area contributed by atoms with Crippen LogP contribution >= 0.6 is 0 Å². The fourth-order valence-corrected chi connectivity index (χ4v) is 2.13. The molecule has 2 unspecified atom stereocenters. The average Bonchev–Trinajstić information content (AvgIpc) is 2.97. The first-order chi connectivity index (χ1) is 9.29. The van der Waals surface area contributed by atoms with Gasteiger partial charge in [-0.2, -0.15) is 5.10 Å². The van der Waals surface area contributed by atoms with Crippen molar-refractivity contribution in [3.05, 3.63) is 54.4 Å². The third-order valence-corrected chi connectivity index (χ3v) is 3.22. The van der Waals surface area contributed by atoms with E-state index in [4.69, 9.17) is 0 Å². The number of nitrogens with zero attached hydrogens (tertiary/aromatic N) is 2. The molecule has 1 aromatic carbocycles. The number of hydrogen-bond acceptors (Lipinski definition) is 3. The fourth-order valence-electron chi connectivity index (χ4n) is 2.13. The second kappa shape index (κ2) is 7.07. The van der Waals surface area contributed by atoms with Crippen LogP contribution < -0.4 is 5.32 Å². The van der Waals surface area contributed by atoms with Crippen molar-refractivity contribution < 1.29 is 5.11 Å². The number of nitrogens with one attached hydrogen (secondary N) is 1. The summed E-state index contributed by atoms with van der Waals surface area (Å²) < 4.78 is 1.93. The van der Waals surface area contributed by atoms with Gasteiger partial charge in [0.1, 0.15) is 0 Å². The smallest absolute Gasteiger partial charge is 0.0626 e. The Balaban J connectivity index is 1.84. The lowest BCUT2D eigenvalue weighted by molar-refractivity contribution is 0.231. The zero-order valence-electron chi connectivity index (χ0n) is 11.2. The Morgan fingerprint density at radius 2 is 2.05 bits per heavy atom. The van der Waals surface area contributed by atoms with E-state index in [0.717, 1.165) is 18.5 Å². The zero-order valence-corrected chi connectivity index (χ0v) is 11.2. The van der Waals surface area contributed by atoms with Gasteiger partial charge in [0.25, 0.3) is 0 Å². The third-order valence-electron chi connectivity index (χ3n) is 3.22. The van der Waals surface area contributed by atoms with Gasteiger partial charge in [0.05, 0.1) is 12.6 Å². The summed E-state index contributed by atoms with van der Waals surface area (Å²) in [6.07, 6.45) is 4.73. The Bertz CT molecular complexity index is 456. The van der Waals surface area contributed by atoms with Gasteiger partial charge in [-0.1, -0.05) is 30.3 Å². The minimum absolute atomic E-state index is 0.00572. The molecule has 0 radical (unpaired) electrons. The molecule has 0 bridgehead atoms. The molecule has 19 heavy (non-hydrogen) atoms. The first kappa shape index (κ1) is 13.8. The maximum Gasteiger partial charge on any atom is 0.0626 e. The highest BCUT2D eigenvalue weighted by atomic mass is 16.3. The molecule has 0 aliphatic heterocycles. The van der Waals surface area contributed by atoms with Gasteiger partial charge in [0.15, 0.2) is 0 Å². The average molecular weight is 259 g/mol. The molecule has 4 heteroatoms. The first-order valence-electron chi connectivity index (χ1n) is 6.69. The normalized spacial score (nSPS) is 14.2. The molecule has 0 fully saturated rings. The van der Waals surface area contributed by atoms with E-state index in [-0.39, 0.29) is 12.6 Å². The van der Waals surface area contributed by atoms with E-state index in [2.05, 4.69) is 17.3 Å². The van der Waals surface area contributed by atoms with Crippen molar-refractivity contribution >= 4 is 0 Å². The van der Waals surface area contributed by atoms with Crippen LogP contribution in [-0.2, 0) is 6.54 Å². The minimum Gasteiger partial charge on any atom is -0.394 e. The minimum atomic E-state index is -0.00572. The Labute approximate surface area is 114 Å². The van der Waals surface area contributed by atoms with Crippen molar-refractivity contribution in [2.75, 3.05) is 6.61 Å². The highest BCUT2D eigenvalue weighted by Gasteiger charge is 2.12. The summed E-state index contributed by atoms with van der Waals surface area (Å²) in [5, 5.41) is 17.1. The molecule has 4 nitrogen and oxygen atoms in total. The van der Waals surface area contributed by atoms with E-state index in [1.54, 1.807) is 6.20 Å². The molecule has 0 saturated carbocycles. The standard InChI is InChI=1S/C15H21N3O/c1-13(8-11-18-10-5-9-16-18)17-15(12-19)14-6-3-2-4-7-14/h2-7,9-10,13,15,17,19H,8,11-12H2,1H3. The number of aromatic nitrogens is 2. The van der Waals surface area contributed by atoms with Crippen LogP contribution in [0.4, 0.5) is 0 Å². The summed E-state index contributed by atoms with van der Waals surface area (Å²) in [5.74, 6) is 0. The highest BCUT2D eigenvalue weighted by Crippen LogP contribution is 2.13. The van der Waals surface area contributed by atoms with Crippen molar-refractivity contribution in [3.8, 4) is 0 Å². The molecule has 0 saturated heterocycles. The van der Waals surface area contributed by atoms with Crippen molar-refractivity contribution in [1.29, 1.82) is 0 Å². The van der Waals surface area contributed by atoms with Gasteiger partial charge in [-0.05, 0) is 25.0 Å². The quantitative estimate of drug-likeness (QED) is 0.799. The molecular formula is C15H21N3O. The van der Waals surface area contributed by atoms with Crippen LogP contribution in [-0.4, -0.2) is 27.5 Å². The molecule has 2 N–H and O–H groups in total. The Morgan fingerprint density at radius 1 is 1.26 bits per heavy atom. The van der Waals surface area contributed by atoms with E-state index in [1.165, 1.54) is 0 Å². The molecule has 0 amide bonds. The number of aliphatic hydroxyl groups is 1. The number of benzene rings is 1. The Kier molecular flexibility index (Phi) is 5.12. The summed E-state index contributed by atoms with van der Waals surface area (Å²) in [5.41, 5.74) is 1.12. The topological polar surface area (TPSA) is 50.1 Å². The van der Waals surface area contributed by atoms with Gasteiger partial charge in [-0.15, -0.1) is 0 Å². The SMILES string of the molecule is CC(CCn1cccn1)NC(CO)c1ccccc1. The van der Waals surface area contributed by atoms with E-state index in [1.807, 2.05) is 47.3 Å². The van der Waals surface area contributed by atoms with Crippen molar-refractivity contribution in [3.63, 3.8) is 0 Å². The van der Waals surface area contributed by atoms with Crippen LogP contribution in [0.2, 0.25) is 0 Å². The first-order valence-corrected chi connectivity index (χ1v) is 6.69. The molecule has 0 aliphatic carbocycles. The van der Waals surface area contributed by atoms with E-state index in [0.29, 0.717) is 6.04 Å². The summed E-state index contributed by atoms with van der Waals surface area (Å²) in [6, 6.07) is 12.3. The van der Waals surface area contributed by atoms with Gasteiger partial charge in [0.2, 0.25) is 0 Å². The molecule has 1 heterocycles. The predicted octanol–water partition coefficient (Wildman–Crippen LogP) is 1.98. The maximum atomic E-state index is 9.50. The largest absolute Gasteiger partial charge is 0.394 e. The molecule has 1 aromatic heterocycles. The molecule has 0 aliphatic rings. The Morgan fingerprint density at radius 3 is 2.68 bits per heavy atom. The highest BCUT2D eigenvalue weighted by molar-refractivity contribution is 5.19. The summed E-state index contributed by atoms with van der Waals surface area (Å²) in [6.45, 7) is 3.12. The van der Waals surface area contributed by atoms with Crippen molar-refractivity contribution in [1.82, 2.24) is 15.1 Å². The van der Waals surface area contributed by atoms with Crippen LogP contribution in [0.25, 0.3) is 0 Å². The molecular weight excluding hydrogens is 238 g/mol. The Hall–Kier alpha value is -1.65. The van der Waals surface area contributed by atoms with Crippen LogP contribution in [0.1, 0.15) is 24.9 Å². The number of rotatable bonds is 7. The van der Waals surface area contributed by atoms with Crippen molar-refractivity contribution in [2.45, 2.75) is 32.0 Å². The third kappa shape index (κ3) is 4.19. The molecule has 2 atom stereocenters. The molecule has 0 spiro atoms. The van der Waals surface area contributed by atoms with Crippen LogP contribution in [0.5, 0.6) is 0 Å². The van der Waals surface area contributed by atoms with E-state index >= 15 is 0 Å². The van der Waals surface area contributed by atoms with Crippen LogP contribution in [0.15, 0.2) is 48.8 Å². The van der Waals surface area contributed by atoms with Crippen LogP contribution in [0, 0.1) is 0 Å². The lowest BCUT2D eigenvalue weighted by atomic mass is 10.1. The van der Waals surface area contributed by atoms with Gasteiger partial charge < -0.3 is 10.4 Å². The van der Waals surface area contributed by atoms with Crippen LogP contribution in [0.3, 0.4) is 0 Å². The van der Waals surface area contributed by atoms with Gasteiger partial charge in [-0.25, -0.2) is 0 Å². The van der Waals surface area contributed by atoms with Crippen molar-refractivity contribution in [2.24, 2.45) is 0 Å². The van der Waals surface area contributed by atoms with E-state index < -0.39 is 0 Å². The number of aliphatic hydroxyl groups excluding tert-OH is 1. The fraction of sp³-hybridized carbons (Fsp3) is 0.400. The second-order valence-corrected chi connectivity index (χ2v) is 4.77. The molecule has 2 rings (SSSR count). The zero-order chi connectivity index (χ0) is 13.5. The number of aryl methyl sites for hydroxylation is 1. The van der Waals surface area contributed by atoms with Gasteiger partial charge in [0, 0.05) is 25.0 Å². The molecule has 2 aromatic rings. The summed E-state index contributed by atoms with van der Waals surface area (Å²) in [4.78, 5) is 0. The summed E-state index contributed by atoms with van der Waals surface area (Å²) in [7, 11) is 0. The predicted molar refractivity (Wildman–Crippen MR) is 75.7 cm³/mol. The lowest BCUT2D eigenvalue weighted by Gasteiger charge is -2.22. The maximum absolute atomic E-state index is 9.50. The van der Waals surface area contributed by atoms with E-state index in [9.17, 15) is 5.11 Å². The van der Waals surface area contributed by atoms with Gasteiger partial charge in [-0.3, -0.25) is 4.68 Å². The monoisotopic (exact) mass is 259 g/mol. The number of hydrogen-bond donors (Lipinski definition) is 2. The lowest BCUT2D eigenvalue weighted by Crippen LogP contribution is -2.33. The summed E-state index contributed by atoms with van der Waals surface area (Å²) >= 11 is 0.